The molecule has 2 aromatic carbocycles. The van der Waals surface area contributed by atoms with Gasteiger partial charge in [0, 0.05) is 30.4 Å². The zero-order valence-corrected chi connectivity index (χ0v) is 17.3. The quantitative estimate of drug-likeness (QED) is 0.632. The van der Waals surface area contributed by atoms with Crippen molar-refractivity contribution in [2.75, 3.05) is 13.1 Å². The first-order chi connectivity index (χ1) is 14.5. The fourth-order valence-corrected chi connectivity index (χ4v) is 4.42. The van der Waals surface area contributed by atoms with Crippen LogP contribution in [-0.2, 0) is 11.3 Å². The number of fused-ring (bicyclic) bond motifs is 1. The number of hydrogen-bond donors (Lipinski definition) is 1. The largest absolute Gasteiger partial charge is 0.388 e. The maximum absolute atomic E-state index is 12.8. The predicted octanol–water partition coefficient (Wildman–Crippen LogP) is 4.00. The lowest BCUT2D eigenvalue weighted by molar-refractivity contribution is -0.136. The van der Waals surface area contributed by atoms with E-state index >= 15 is 0 Å². The number of likely N-dealkylation sites (tertiary alicyclic amines) is 1. The van der Waals surface area contributed by atoms with E-state index in [1.165, 1.54) is 5.56 Å². The fourth-order valence-electron chi connectivity index (χ4n) is 4.42. The normalized spacial score (nSPS) is 17.1. The van der Waals surface area contributed by atoms with E-state index in [0.29, 0.717) is 44.6 Å². The van der Waals surface area contributed by atoms with Gasteiger partial charge in [-0.3, -0.25) is 9.59 Å². The van der Waals surface area contributed by atoms with Gasteiger partial charge in [-0.25, -0.2) is 0 Å². The number of aromatic nitrogens is 1. The van der Waals surface area contributed by atoms with E-state index in [1.54, 1.807) is 0 Å². The number of benzene rings is 2. The highest BCUT2D eigenvalue weighted by atomic mass is 16.3. The van der Waals surface area contributed by atoms with E-state index in [-0.39, 0.29) is 11.8 Å². The zero-order valence-electron chi connectivity index (χ0n) is 17.3. The van der Waals surface area contributed by atoms with Crippen molar-refractivity contribution in [2.24, 2.45) is 0 Å². The number of aldehydes is 1. The van der Waals surface area contributed by atoms with Crippen molar-refractivity contribution < 1.29 is 14.7 Å². The number of piperidine rings is 1. The third-order valence-corrected chi connectivity index (χ3v) is 6.31. The van der Waals surface area contributed by atoms with E-state index in [1.807, 2.05) is 58.0 Å². The molecule has 5 nitrogen and oxygen atoms in total. The van der Waals surface area contributed by atoms with Gasteiger partial charge in [0.2, 0.25) is 5.91 Å². The van der Waals surface area contributed by atoms with Gasteiger partial charge in [-0.15, -0.1) is 0 Å². The molecule has 0 spiro atoms. The minimum Gasteiger partial charge on any atom is -0.388 e. The molecule has 1 saturated heterocycles. The second-order valence-electron chi connectivity index (χ2n) is 8.45. The summed E-state index contributed by atoms with van der Waals surface area (Å²) in [7, 11) is 0. The van der Waals surface area contributed by atoms with Gasteiger partial charge in [0.05, 0.1) is 17.8 Å². The fraction of sp³-hybridized carbons (Fsp3) is 0.360. The number of hydrogen-bond acceptors (Lipinski definition) is 3. The molecule has 0 unspecified atom stereocenters. The summed E-state index contributed by atoms with van der Waals surface area (Å²) in [5, 5.41) is 12.2. The van der Waals surface area contributed by atoms with Gasteiger partial charge in [0.25, 0.3) is 0 Å². The molecule has 1 atom stereocenters. The van der Waals surface area contributed by atoms with Gasteiger partial charge in [-0.2, -0.15) is 0 Å². The Kier molecular flexibility index (Phi) is 5.73. The van der Waals surface area contributed by atoms with Gasteiger partial charge in [-0.05, 0) is 36.5 Å². The Balaban J connectivity index is 1.40. The number of aliphatic hydroxyl groups is 1. The number of amides is 1. The smallest absolute Gasteiger partial charge is 0.223 e. The first-order valence-electron chi connectivity index (χ1n) is 10.6. The van der Waals surface area contributed by atoms with Crippen molar-refractivity contribution in [3.63, 3.8) is 0 Å². The first kappa shape index (κ1) is 20.4. The van der Waals surface area contributed by atoms with Crippen LogP contribution >= 0.6 is 0 Å². The molecular weight excluding hydrogens is 376 g/mol. The molecule has 0 radical (unpaired) electrons. The van der Waals surface area contributed by atoms with Crippen LogP contribution in [0, 0.1) is 0 Å². The van der Waals surface area contributed by atoms with Crippen molar-refractivity contribution in [2.45, 2.75) is 44.2 Å². The highest BCUT2D eigenvalue weighted by Crippen LogP contribution is 2.29. The van der Waals surface area contributed by atoms with E-state index < -0.39 is 5.60 Å². The van der Waals surface area contributed by atoms with Crippen LogP contribution < -0.4 is 0 Å². The summed E-state index contributed by atoms with van der Waals surface area (Å²) in [4.78, 5) is 26.2. The highest BCUT2D eigenvalue weighted by molar-refractivity contribution is 5.88. The molecule has 1 fully saturated rings. The molecule has 5 heteroatoms. The number of nitrogens with zero attached hydrogens (tertiary/aromatic N) is 2. The summed E-state index contributed by atoms with van der Waals surface area (Å²) < 4.78 is 1.90. The van der Waals surface area contributed by atoms with Crippen LogP contribution in [0.3, 0.4) is 0 Å². The number of carbonyl (C=O) groups is 2. The standard InChI is InChI=1S/C25H28N2O3/c1-19(20-7-3-2-4-8-20)15-24(29)26-13-11-25(30,12-14-26)18-27-22(17-28)16-21-9-5-6-10-23(21)27/h2-10,16-17,19,30H,11-15,18H2,1H3/t19-/m1/s1. The summed E-state index contributed by atoms with van der Waals surface area (Å²) in [6.07, 6.45) is 2.32. The lowest BCUT2D eigenvalue weighted by Crippen LogP contribution is -2.49. The first-order valence-corrected chi connectivity index (χ1v) is 10.6. The summed E-state index contributed by atoms with van der Waals surface area (Å²) in [6.45, 7) is 3.50. The zero-order chi connectivity index (χ0) is 21.1. The van der Waals surface area contributed by atoms with E-state index in [0.717, 1.165) is 17.2 Å². The van der Waals surface area contributed by atoms with Crippen molar-refractivity contribution in [1.82, 2.24) is 9.47 Å². The average molecular weight is 405 g/mol. The Bertz CT molecular complexity index is 1030. The van der Waals surface area contributed by atoms with Crippen LogP contribution in [0.2, 0.25) is 0 Å². The van der Waals surface area contributed by atoms with Crippen LogP contribution in [0.15, 0.2) is 60.7 Å². The summed E-state index contributed by atoms with van der Waals surface area (Å²) >= 11 is 0. The minimum atomic E-state index is -0.929. The van der Waals surface area contributed by atoms with Crippen LogP contribution in [-0.4, -0.2) is 45.5 Å². The van der Waals surface area contributed by atoms with Crippen LogP contribution in [0.25, 0.3) is 10.9 Å². The van der Waals surface area contributed by atoms with Gasteiger partial charge < -0.3 is 14.6 Å². The van der Waals surface area contributed by atoms with Crippen molar-refractivity contribution >= 4 is 23.1 Å². The molecule has 0 saturated carbocycles. The van der Waals surface area contributed by atoms with Crippen LogP contribution in [0.1, 0.15) is 48.2 Å². The molecule has 3 aromatic rings. The molecule has 1 aliphatic heterocycles. The minimum absolute atomic E-state index is 0.133. The third kappa shape index (κ3) is 4.17. The van der Waals surface area contributed by atoms with Crippen molar-refractivity contribution in [1.29, 1.82) is 0 Å². The van der Waals surface area contributed by atoms with Gasteiger partial charge in [0.1, 0.15) is 0 Å². The number of para-hydroxylation sites is 1. The molecule has 1 amide bonds. The molecule has 0 aliphatic carbocycles. The molecular formula is C25H28N2O3. The van der Waals surface area contributed by atoms with Gasteiger partial charge in [0.15, 0.2) is 6.29 Å². The summed E-state index contributed by atoms with van der Waals surface area (Å²) in [6, 6.07) is 19.8. The predicted molar refractivity (Wildman–Crippen MR) is 118 cm³/mol. The SMILES string of the molecule is C[C@H](CC(=O)N1CCC(O)(Cn2c(C=O)cc3ccccc32)CC1)c1ccccc1. The topological polar surface area (TPSA) is 62.5 Å². The average Bonchev–Trinajstić information content (AvgIpc) is 3.12. The molecule has 2 heterocycles. The lowest BCUT2D eigenvalue weighted by atomic mass is 9.90. The third-order valence-electron chi connectivity index (χ3n) is 6.31. The molecule has 156 valence electrons. The summed E-state index contributed by atoms with van der Waals surface area (Å²) in [5.74, 6) is 0.300. The maximum atomic E-state index is 12.8. The molecule has 4 rings (SSSR count). The highest BCUT2D eigenvalue weighted by Gasteiger charge is 2.35. The molecule has 1 aromatic heterocycles. The second-order valence-corrected chi connectivity index (χ2v) is 8.45. The van der Waals surface area contributed by atoms with Crippen molar-refractivity contribution in [3.8, 4) is 0 Å². The van der Waals surface area contributed by atoms with Gasteiger partial charge >= 0.3 is 0 Å². The Labute approximate surface area is 176 Å². The molecule has 30 heavy (non-hydrogen) atoms. The second kappa shape index (κ2) is 8.44. The molecule has 1 aliphatic rings. The van der Waals surface area contributed by atoms with Crippen LogP contribution in [0.4, 0.5) is 0 Å². The lowest BCUT2D eigenvalue weighted by Gasteiger charge is -2.39. The number of rotatable bonds is 6. The Morgan fingerprint density at radius 2 is 1.77 bits per heavy atom. The molecule has 0 bridgehead atoms. The Morgan fingerprint density at radius 1 is 1.10 bits per heavy atom. The Hall–Kier alpha value is -2.92. The number of carbonyl (C=O) groups excluding carboxylic acids is 2. The van der Waals surface area contributed by atoms with E-state index in [2.05, 4.69) is 19.1 Å². The monoisotopic (exact) mass is 404 g/mol. The van der Waals surface area contributed by atoms with Gasteiger partial charge in [-0.1, -0.05) is 55.5 Å². The van der Waals surface area contributed by atoms with Crippen molar-refractivity contribution in [3.05, 3.63) is 71.9 Å². The van der Waals surface area contributed by atoms with E-state index in [4.69, 9.17) is 0 Å². The maximum Gasteiger partial charge on any atom is 0.223 e. The Morgan fingerprint density at radius 3 is 2.47 bits per heavy atom. The molecule has 1 N–H and O–H groups in total. The summed E-state index contributed by atoms with van der Waals surface area (Å²) in [5.41, 5.74) is 1.75. The van der Waals surface area contributed by atoms with Crippen LogP contribution in [0.5, 0.6) is 0 Å². The van der Waals surface area contributed by atoms with E-state index in [9.17, 15) is 14.7 Å².